The molecule has 2 N–H and O–H groups in total. The number of benzene rings is 1. The maximum atomic E-state index is 5.70. The molecule has 148 valence electrons. The van der Waals surface area contributed by atoms with E-state index in [1.165, 1.54) is 11.3 Å². The van der Waals surface area contributed by atoms with Gasteiger partial charge < -0.3 is 15.4 Å². The number of hydrogen-bond donors (Lipinski definition) is 2. The van der Waals surface area contributed by atoms with Gasteiger partial charge in [0.15, 0.2) is 5.96 Å². The average Bonchev–Trinajstić information content (AvgIpc) is 2.99. The first-order chi connectivity index (χ1) is 13.1. The van der Waals surface area contributed by atoms with Gasteiger partial charge in [-0.25, -0.2) is 4.99 Å². The molecule has 0 radical (unpaired) electrons. The van der Waals surface area contributed by atoms with Crippen molar-refractivity contribution < 1.29 is 4.74 Å². The van der Waals surface area contributed by atoms with Crippen molar-refractivity contribution in [3.63, 3.8) is 0 Å². The zero-order valence-electron chi connectivity index (χ0n) is 17.3. The van der Waals surface area contributed by atoms with Crippen molar-refractivity contribution >= 4 is 5.96 Å². The molecular formula is C21H33N5O. The zero-order chi connectivity index (χ0) is 19.6. The number of ether oxygens (including phenoxy) is 1. The lowest BCUT2D eigenvalue weighted by Crippen LogP contribution is -2.37. The second kappa shape index (κ2) is 10.6. The van der Waals surface area contributed by atoms with E-state index in [-0.39, 0.29) is 0 Å². The van der Waals surface area contributed by atoms with Gasteiger partial charge in [-0.15, -0.1) is 0 Å². The molecule has 1 aromatic heterocycles. The number of guanidine groups is 1. The van der Waals surface area contributed by atoms with E-state index in [0.29, 0.717) is 13.2 Å². The highest BCUT2D eigenvalue weighted by Gasteiger charge is 2.14. The van der Waals surface area contributed by atoms with Crippen LogP contribution in [0.15, 0.2) is 29.3 Å². The van der Waals surface area contributed by atoms with Gasteiger partial charge in [-0.3, -0.25) is 4.68 Å². The Hall–Kier alpha value is -2.50. The van der Waals surface area contributed by atoms with Crippen molar-refractivity contribution in [3.8, 4) is 5.75 Å². The quantitative estimate of drug-likeness (QED) is 0.525. The summed E-state index contributed by atoms with van der Waals surface area (Å²) < 4.78 is 7.70. The molecule has 0 unspecified atom stereocenters. The van der Waals surface area contributed by atoms with Gasteiger partial charge in [0.25, 0.3) is 0 Å². The summed E-state index contributed by atoms with van der Waals surface area (Å²) in [7, 11) is 2.02. The number of aryl methyl sites for hydroxylation is 2. The number of nitrogens with one attached hydrogen (secondary N) is 2. The van der Waals surface area contributed by atoms with Gasteiger partial charge in [-0.1, -0.05) is 32.0 Å². The molecule has 27 heavy (non-hydrogen) atoms. The van der Waals surface area contributed by atoms with Crippen LogP contribution in [-0.4, -0.2) is 28.9 Å². The van der Waals surface area contributed by atoms with Crippen LogP contribution in [0.5, 0.6) is 5.75 Å². The molecule has 0 aliphatic rings. The molecule has 0 atom stereocenters. The minimum absolute atomic E-state index is 0.569. The zero-order valence-corrected chi connectivity index (χ0v) is 17.3. The van der Waals surface area contributed by atoms with E-state index in [1.54, 1.807) is 0 Å². The largest absolute Gasteiger partial charge is 0.494 e. The van der Waals surface area contributed by atoms with Gasteiger partial charge in [-0.05, 0) is 32.8 Å². The van der Waals surface area contributed by atoms with E-state index in [2.05, 4.69) is 42.6 Å². The fourth-order valence-electron chi connectivity index (χ4n) is 3.20. The van der Waals surface area contributed by atoms with Crippen molar-refractivity contribution in [3.05, 3.63) is 46.8 Å². The molecular weight excluding hydrogens is 338 g/mol. The summed E-state index contributed by atoms with van der Waals surface area (Å²) in [6.45, 7) is 11.1. The van der Waals surface area contributed by atoms with Crippen molar-refractivity contribution in [1.29, 1.82) is 0 Å². The van der Waals surface area contributed by atoms with E-state index in [4.69, 9.17) is 9.73 Å². The monoisotopic (exact) mass is 371 g/mol. The first-order valence-electron chi connectivity index (χ1n) is 9.90. The van der Waals surface area contributed by atoms with Crippen molar-refractivity contribution in [2.45, 2.75) is 53.6 Å². The van der Waals surface area contributed by atoms with Crippen molar-refractivity contribution in [2.75, 3.05) is 13.2 Å². The number of aromatic nitrogens is 2. The van der Waals surface area contributed by atoms with E-state index >= 15 is 0 Å². The number of para-hydroxylation sites is 1. The molecule has 2 aromatic rings. The number of nitrogens with zero attached hydrogens (tertiary/aromatic N) is 3. The minimum Gasteiger partial charge on any atom is -0.494 e. The van der Waals surface area contributed by atoms with Crippen LogP contribution in [0.25, 0.3) is 0 Å². The normalized spacial score (nSPS) is 11.5. The fraction of sp³-hybridized carbons (Fsp3) is 0.524. The SMILES string of the molecule is CCNC(=NCc1ccccc1OCC)NCc1c(CC)nn(C)c1CC. The Morgan fingerprint density at radius 2 is 1.89 bits per heavy atom. The molecule has 0 aliphatic heterocycles. The van der Waals surface area contributed by atoms with Crippen LogP contribution in [0.4, 0.5) is 0 Å². The Labute approximate surface area is 163 Å². The molecule has 0 saturated carbocycles. The van der Waals surface area contributed by atoms with Gasteiger partial charge in [-0.2, -0.15) is 5.10 Å². The smallest absolute Gasteiger partial charge is 0.191 e. The summed E-state index contributed by atoms with van der Waals surface area (Å²) >= 11 is 0. The van der Waals surface area contributed by atoms with Crippen LogP contribution >= 0.6 is 0 Å². The lowest BCUT2D eigenvalue weighted by molar-refractivity contribution is 0.336. The summed E-state index contributed by atoms with van der Waals surface area (Å²) in [5.74, 6) is 1.70. The third-order valence-electron chi connectivity index (χ3n) is 4.48. The van der Waals surface area contributed by atoms with Gasteiger partial charge in [0.2, 0.25) is 0 Å². The first-order valence-corrected chi connectivity index (χ1v) is 9.90. The molecule has 0 saturated heterocycles. The summed E-state index contributed by atoms with van der Waals surface area (Å²) in [6.07, 6.45) is 1.90. The Morgan fingerprint density at radius 3 is 2.56 bits per heavy atom. The maximum absolute atomic E-state index is 5.70. The van der Waals surface area contributed by atoms with Crippen molar-refractivity contribution in [1.82, 2.24) is 20.4 Å². The van der Waals surface area contributed by atoms with Crippen molar-refractivity contribution in [2.24, 2.45) is 12.0 Å². The van der Waals surface area contributed by atoms with Crippen LogP contribution in [0.1, 0.15) is 50.2 Å². The molecule has 6 nitrogen and oxygen atoms in total. The van der Waals surface area contributed by atoms with Crippen LogP contribution in [-0.2, 0) is 33.0 Å². The summed E-state index contributed by atoms with van der Waals surface area (Å²) in [5, 5.41) is 11.4. The van der Waals surface area contributed by atoms with Gasteiger partial charge in [0.05, 0.1) is 18.8 Å². The number of aliphatic imine (C=N–C) groups is 1. The Bertz CT molecular complexity index is 751. The predicted octanol–water partition coefficient (Wildman–Crippen LogP) is 3.20. The third kappa shape index (κ3) is 5.49. The molecule has 6 heteroatoms. The number of hydrogen-bond acceptors (Lipinski definition) is 3. The fourth-order valence-corrected chi connectivity index (χ4v) is 3.20. The molecule has 0 amide bonds. The van der Waals surface area contributed by atoms with Crippen LogP contribution in [0.2, 0.25) is 0 Å². The van der Waals surface area contributed by atoms with Gasteiger partial charge in [0, 0.05) is 37.0 Å². The Kier molecular flexibility index (Phi) is 8.17. The third-order valence-corrected chi connectivity index (χ3v) is 4.48. The highest BCUT2D eigenvalue weighted by atomic mass is 16.5. The molecule has 2 rings (SSSR count). The second-order valence-corrected chi connectivity index (χ2v) is 6.29. The summed E-state index contributed by atoms with van der Waals surface area (Å²) in [4.78, 5) is 4.75. The summed E-state index contributed by atoms with van der Waals surface area (Å²) in [6, 6.07) is 8.06. The van der Waals surface area contributed by atoms with E-state index in [9.17, 15) is 0 Å². The lowest BCUT2D eigenvalue weighted by atomic mass is 10.1. The Balaban J connectivity index is 2.13. The molecule has 0 fully saturated rings. The van der Waals surface area contributed by atoms with Crippen LogP contribution in [0.3, 0.4) is 0 Å². The van der Waals surface area contributed by atoms with E-state index in [1.807, 2.05) is 36.9 Å². The molecule has 1 aromatic carbocycles. The topological polar surface area (TPSA) is 63.5 Å². The van der Waals surface area contributed by atoms with Crippen LogP contribution < -0.4 is 15.4 Å². The minimum atomic E-state index is 0.569. The molecule has 0 bridgehead atoms. The van der Waals surface area contributed by atoms with E-state index in [0.717, 1.165) is 48.9 Å². The average molecular weight is 372 g/mol. The number of rotatable bonds is 9. The first kappa shape index (κ1) is 20.8. The second-order valence-electron chi connectivity index (χ2n) is 6.29. The van der Waals surface area contributed by atoms with Crippen LogP contribution in [0, 0.1) is 0 Å². The predicted molar refractivity (Wildman–Crippen MR) is 111 cm³/mol. The Morgan fingerprint density at radius 1 is 1.11 bits per heavy atom. The molecule has 0 aliphatic carbocycles. The van der Waals surface area contributed by atoms with Gasteiger partial charge >= 0.3 is 0 Å². The maximum Gasteiger partial charge on any atom is 0.191 e. The summed E-state index contributed by atoms with van der Waals surface area (Å²) in [5.41, 5.74) is 4.79. The highest BCUT2D eigenvalue weighted by molar-refractivity contribution is 5.79. The lowest BCUT2D eigenvalue weighted by Gasteiger charge is -2.13. The highest BCUT2D eigenvalue weighted by Crippen LogP contribution is 2.19. The van der Waals surface area contributed by atoms with E-state index < -0.39 is 0 Å². The molecule has 0 spiro atoms. The molecule has 1 heterocycles. The standard InChI is InChI=1S/C21H33N5O/c1-6-18-17(19(7-2)26(5)25-18)15-24-21(22-8-3)23-14-16-12-10-11-13-20(16)27-9-4/h10-13H,6-9,14-15H2,1-5H3,(H2,22,23,24). The van der Waals surface area contributed by atoms with Gasteiger partial charge in [0.1, 0.15) is 5.75 Å².